The molecule has 2 saturated heterocycles. The van der Waals surface area contributed by atoms with Crippen molar-refractivity contribution in [2.45, 2.75) is 13.1 Å². The third-order valence-corrected chi connectivity index (χ3v) is 4.76. The number of carbonyl (C=O) groups excluding carboxylic acids is 1. The lowest BCUT2D eigenvalue weighted by Gasteiger charge is -2.24. The quantitative estimate of drug-likeness (QED) is 0.555. The fourth-order valence-electron chi connectivity index (χ4n) is 3.55. The predicted molar refractivity (Wildman–Crippen MR) is 86.8 cm³/mol. The normalized spacial score (nSPS) is 25.1. The lowest BCUT2D eigenvalue weighted by Crippen LogP contribution is -2.40. The van der Waals surface area contributed by atoms with E-state index in [0.29, 0.717) is 26.4 Å². The smallest absolute Gasteiger partial charge is 0.315 e. The lowest BCUT2D eigenvalue weighted by atomic mass is 9.81. The van der Waals surface area contributed by atoms with Crippen LogP contribution in [-0.2, 0) is 36.9 Å². The van der Waals surface area contributed by atoms with E-state index in [9.17, 15) is 4.79 Å². The van der Waals surface area contributed by atoms with Gasteiger partial charge in [0, 0.05) is 45.4 Å². The van der Waals surface area contributed by atoms with E-state index in [4.69, 9.17) is 24.1 Å². The fraction of sp³-hybridized carbons (Fsp3) is 0.688. The van der Waals surface area contributed by atoms with Crippen molar-refractivity contribution in [2.24, 2.45) is 11.3 Å². The summed E-state index contributed by atoms with van der Waals surface area (Å²) in [6.07, 6.45) is 3.70. The van der Waals surface area contributed by atoms with Gasteiger partial charge >= 0.3 is 5.97 Å². The van der Waals surface area contributed by atoms with E-state index >= 15 is 0 Å². The van der Waals surface area contributed by atoms with Crippen molar-refractivity contribution < 1.29 is 28.9 Å². The van der Waals surface area contributed by atoms with Gasteiger partial charge in [-0.2, -0.15) is 0 Å². The van der Waals surface area contributed by atoms with Crippen molar-refractivity contribution in [1.29, 1.82) is 0 Å². The zero-order chi connectivity index (χ0) is 18.3. The summed E-state index contributed by atoms with van der Waals surface area (Å²) in [6.45, 7) is 4.60. The maximum atomic E-state index is 12.2. The first-order chi connectivity index (χ1) is 12.1. The van der Waals surface area contributed by atoms with E-state index in [1.807, 2.05) is 12.5 Å². The van der Waals surface area contributed by atoms with E-state index in [2.05, 4.69) is 14.5 Å². The molecule has 2 aliphatic rings. The van der Waals surface area contributed by atoms with Gasteiger partial charge in [-0.15, -0.1) is 0 Å². The number of carbonyl (C=O) groups is 2. The number of fused-ring (bicyclic) bond motifs is 1. The van der Waals surface area contributed by atoms with Crippen LogP contribution in [0.3, 0.4) is 0 Å². The Morgan fingerprint density at radius 3 is 3.00 bits per heavy atom. The Labute approximate surface area is 146 Å². The first-order valence-electron chi connectivity index (χ1n) is 8.05. The van der Waals surface area contributed by atoms with Gasteiger partial charge in [0.2, 0.25) is 0 Å². The summed E-state index contributed by atoms with van der Waals surface area (Å²) in [5.41, 5.74) is 0.643. The number of likely N-dealkylation sites (tertiary alicyclic amines) is 1. The lowest BCUT2D eigenvalue weighted by molar-refractivity contribution is -0.153. The van der Waals surface area contributed by atoms with Gasteiger partial charge in [0.15, 0.2) is 0 Å². The molecule has 0 aromatic carbocycles. The maximum absolute atomic E-state index is 12.2. The monoisotopic (exact) mass is 355 g/mol. The summed E-state index contributed by atoms with van der Waals surface area (Å²) in [5, 5.41) is 6.89. The number of esters is 1. The minimum Gasteiger partial charge on any atom is -0.483 e. The van der Waals surface area contributed by atoms with Crippen LogP contribution in [0.5, 0.6) is 0 Å². The van der Waals surface area contributed by atoms with Crippen LogP contribution in [0.15, 0.2) is 12.5 Å². The third kappa shape index (κ3) is 4.17. The molecule has 2 atom stereocenters. The number of imidazole rings is 1. The summed E-state index contributed by atoms with van der Waals surface area (Å²) in [7, 11) is 3.15. The van der Waals surface area contributed by atoms with Gasteiger partial charge in [0.1, 0.15) is 5.41 Å². The molecule has 25 heavy (non-hydrogen) atoms. The number of hydrogen-bond donors (Lipinski definition) is 1. The fourth-order valence-corrected chi connectivity index (χ4v) is 3.55. The highest BCUT2D eigenvalue weighted by atomic mass is 16.5. The Balaban J connectivity index is 0.000000701. The molecule has 3 rings (SSSR count). The van der Waals surface area contributed by atoms with Crippen LogP contribution in [0.25, 0.3) is 0 Å². The van der Waals surface area contributed by atoms with E-state index in [0.717, 1.165) is 25.3 Å². The highest BCUT2D eigenvalue weighted by Crippen LogP contribution is 2.42. The van der Waals surface area contributed by atoms with Gasteiger partial charge in [-0.3, -0.25) is 14.5 Å². The molecule has 0 aliphatic carbocycles. The minimum atomic E-state index is -0.494. The summed E-state index contributed by atoms with van der Waals surface area (Å²) in [6, 6.07) is 0. The van der Waals surface area contributed by atoms with Crippen LogP contribution in [0.4, 0.5) is 0 Å². The molecule has 9 heteroatoms. The topological polar surface area (TPSA) is 103 Å². The van der Waals surface area contributed by atoms with Crippen molar-refractivity contribution in [3.8, 4) is 0 Å². The number of methoxy groups -OCH3 is 2. The first kappa shape index (κ1) is 19.4. The molecule has 0 amide bonds. The second kappa shape index (κ2) is 8.93. The van der Waals surface area contributed by atoms with Crippen molar-refractivity contribution in [2.75, 3.05) is 47.1 Å². The Bertz CT molecular complexity index is 578. The van der Waals surface area contributed by atoms with Crippen LogP contribution in [0, 0.1) is 11.3 Å². The van der Waals surface area contributed by atoms with Crippen molar-refractivity contribution >= 4 is 12.4 Å². The molecule has 1 N–H and O–H groups in total. The molecule has 0 bridgehead atoms. The summed E-state index contributed by atoms with van der Waals surface area (Å²) >= 11 is 0. The Morgan fingerprint density at radius 1 is 1.56 bits per heavy atom. The largest absolute Gasteiger partial charge is 0.483 e. The predicted octanol–water partition coefficient (Wildman–Crippen LogP) is -0.148. The second-order valence-corrected chi connectivity index (χ2v) is 6.21. The van der Waals surface area contributed by atoms with Crippen LogP contribution in [-0.4, -0.2) is 79.1 Å². The number of hydrogen-bond acceptors (Lipinski definition) is 7. The SMILES string of the molecule is COCCn1cncc1CN1C[C@H]2COC[C@@]2(C(=O)OC)C1.O=CO. The highest BCUT2D eigenvalue weighted by Gasteiger charge is 2.56. The average Bonchev–Trinajstić information content (AvgIpc) is 3.28. The van der Waals surface area contributed by atoms with Gasteiger partial charge in [0.05, 0.1) is 39.0 Å². The van der Waals surface area contributed by atoms with Crippen LogP contribution >= 0.6 is 0 Å². The molecular formula is C16H25N3O6. The first-order valence-corrected chi connectivity index (χ1v) is 8.05. The van der Waals surface area contributed by atoms with Gasteiger partial charge in [-0.25, -0.2) is 4.98 Å². The molecule has 0 unspecified atom stereocenters. The van der Waals surface area contributed by atoms with Crippen molar-refractivity contribution in [3.05, 3.63) is 18.2 Å². The number of rotatable bonds is 6. The summed E-state index contributed by atoms with van der Waals surface area (Å²) in [4.78, 5) is 27.1. The minimum absolute atomic E-state index is 0.148. The molecule has 3 heterocycles. The van der Waals surface area contributed by atoms with E-state index in [-0.39, 0.29) is 18.4 Å². The summed E-state index contributed by atoms with van der Waals surface area (Å²) in [5.74, 6) is 0.0701. The number of carboxylic acid groups (broad SMARTS) is 1. The molecule has 140 valence electrons. The highest BCUT2D eigenvalue weighted by molar-refractivity contribution is 5.78. The van der Waals surface area contributed by atoms with E-state index in [1.54, 1.807) is 7.11 Å². The van der Waals surface area contributed by atoms with Gasteiger partial charge in [0.25, 0.3) is 6.47 Å². The summed E-state index contributed by atoms with van der Waals surface area (Å²) < 4.78 is 17.8. The Morgan fingerprint density at radius 2 is 2.32 bits per heavy atom. The zero-order valence-corrected chi connectivity index (χ0v) is 14.6. The van der Waals surface area contributed by atoms with Crippen LogP contribution in [0.1, 0.15) is 5.69 Å². The second-order valence-electron chi connectivity index (χ2n) is 6.21. The molecule has 1 aromatic rings. The van der Waals surface area contributed by atoms with Gasteiger partial charge in [-0.1, -0.05) is 0 Å². The average molecular weight is 355 g/mol. The van der Waals surface area contributed by atoms with Crippen LogP contribution in [0.2, 0.25) is 0 Å². The van der Waals surface area contributed by atoms with Crippen LogP contribution < -0.4 is 0 Å². The maximum Gasteiger partial charge on any atom is 0.315 e. The Kier molecular flexibility index (Phi) is 6.91. The van der Waals surface area contributed by atoms with Gasteiger partial charge < -0.3 is 23.9 Å². The molecule has 0 saturated carbocycles. The Hall–Kier alpha value is -1.97. The zero-order valence-electron chi connectivity index (χ0n) is 14.6. The molecule has 1 aromatic heterocycles. The number of ether oxygens (including phenoxy) is 3. The molecular weight excluding hydrogens is 330 g/mol. The molecule has 2 aliphatic heterocycles. The molecule has 2 fully saturated rings. The number of nitrogens with zero attached hydrogens (tertiary/aromatic N) is 3. The van der Waals surface area contributed by atoms with Crippen molar-refractivity contribution in [1.82, 2.24) is 14.5 Å². The molecule has 0 spiro atoms. The van der Waals surface area contributed by atoms with E-state index < -0.39 is 5.41 Å². The standard InChI is InChI=1S/C15H23N3O4.CH2O2/c1-20-4-3-18-11-16-5-13(18)7-17-6-12-8-22-10-15(12,9-17)14(19)21-2;2-1-3/h5,11-12H,3-4,6-10H2,1-2H3;1H,(H,2,3)/t12-,15-;/m0./s1. The number of aromatic nitrogens is 2. The molecule has 9 nitrogen and oxygen atoms in total. The van der Waals surface area contributed by atoms with Gasteiger partial charge in [-0.05, 0) is 0 Å². The third-order valence-electron chi connectivity index (χ3n) is 4.76. The molecule has 0 radical (unpaired) electrons. The van der Waals surface area contributed by atoms with Crippen molar-refractivity contribution in [3.63, 3.8) is 0 Å². The van der Waals surface area contributed by atoms with E-state index in [1.165, 1.54) is 7.11 Å².